The van der Waals surface area contributed by atoms with Gasteiger partial charge in [0, 0.05) is 13.1 Å². The second-order valence-corrected chi connectivity index (χ2v) is 8.53. The molecule has 0 heterocycles. The van der Waals surface area contributed by atoms with Crippen molar-refractivity contribution in [1.82, 2.24) is 10.6 Å². The first-order chi connectivity index (χ1) is 17.7. The van der Waals surface area contributed by atoms with Crippen LogP contribution in [-0.2, 0) is 22.4 Å². The Balaban J connectivity index is 1.46. The first-order valence-corrected chi connectivity index (χ1v) is 12.2. The van der Waals surface area contributed by atoms with Crippen LogP contribution in [0.15, 0.2) is 121 Å². The van der Waals surface area contributed by atoms with Crippen LogP contribution < -0.4 is 10.6 Å². The lowest BCUT2D eigenvalue weighted by Gasteiger charge is -2.11. The number of rotatable bonds is 10. The van der Waals surface area contributed by atoms with E-state index in [0.717, 1.165) is 27.8 Å². The molecule has 0 saturated carbocycles. The average Bonchev–Trinajstić information content (AvgIpc) is 2.93. The van der Waals surface area contributed by atoms with Crippen LogP contribution in [0, 0.1) is 0 Å². The van der Waals surface area contributed by atoms with Crippen LogP contribution in [0.4, 0.5) is 0 Å². The Labute approximate surface area is 212 Å². The molecule has 0 fully saturated rings. The number of benzene rings is 4. The number of hydrogen-bond acceptors (Lipinski definition) is 2. The first-order valence-electron chi connectivity index (χ1n) is 12.2. The van der Waals surface area contributed by atoms with Gasteiger partial charge in [-0.05, 0) is 46.7 Å². The molecule has 2 amide bonds. The van der Waals surface area contributed by atoms with Crippen LogP contribution in [0.2, 0.25) is 0 Å². The van der Waals surface area contributed by atoms with E-state index in [9.17, 15) is 9.59 Å². The van der Waals surface area contributed by atoms with E-state index in [1.165, 1.54) is 0 Å². The summed E-state index contributed by atoms with van der Waals surface area (Å²) in [6.45, 7) is 0.898. The SMILES string of the molecule is O=C(NCCc1ccccc1)C(=Cc1ccc(-c2ccccc2)cc1)C(=O)NCCc1ccccc1. The Hall–Kier alpha value is -4.44. The van der Waals surface area contributed by atoms with Crippen LogP contribution in [0.3, 0.4) is 0 Å². The van der Waals surface area contributed by atoms with Crippen LogP contribution in [0.25, 0.3) is 17.2 Å². The van der Waals surface area contributed by atoms with E-state index in [2.05, 4.69) is 22.8 Å². The summed E-state index contributed by atoms with van der Waals surface area (Å²) in [7, 11) is 0. The van der Waals surface area contributed by atoms with Crippen molar-refractivity contribution < 1.29 is 9.59 Å². The van der Waals surface area contributed by atoms with E-state index >= 15 is 0 Å². The standard InChI is InChI=1S/C32H30N2O2/c35-31(33-22-20-25-10-4-1-5-11-25)30(32(36)34-23-21-26-12-6-2-7-13-26)24-27-16-18-29(19-17-27)28-14-8-3-9-15-28/h1-19,24H,20-23H2,(H,33,35)(H,34,36). The van der Waals surface area contributed by atoms with Gasteiger partial charge in [0.2, 0.25) is 0 Å². The Bertz CT molecular complexity index is 1220. The molecule has 4 rings (SSSR count). The summed E-state index contributed by atoms with van der Waals surface area (Å²) in [5, 5.41) is 5.82. The normalized spacial score (nSPS) is 10.3. The summed E-state index contributed by atoms with van der Waals surface area (Å²) in [4.78, 5) is 26.1. The van der Waals surface area contributed by atoms with Gasteiger partial charge in [-0.3, -0.25) is 9.59 Å². The lowest BCUT2D eigenvalue weighted by atomic mass is 10.0. The van der Waals surface area contributed by atoms with Crippen LogP contribution in [0.1, 0.15) is 16.7 Å². The molecular weight excluding hydrogens is 444 g/mol. The van der Waals surface area contributed by atoms with Gasteiger partial charge in [0.25, 0.3) is 11.8 Å². The van der Waals surface area contributed by atoms with E-state index in [-0.39, 0.29) is 17.4 Å². The van der Waals surface area contributed by atoms with E-state index < -0.39 is 0 Å². The topological polar surface area (TPSA) is 58.2 Å². The predicted octanol–water partition coefficient (Wildman–Crippen LogP) is 5.45. The van der Waals surface area contributed by atoms with Crippen LogP contribution in [0.5, 0.6) is 0 Å². The fourth-order valence-electron chi connectivity index (χ4n) is 3.92. The van der Waals surface area contributed by atoms with Gasteiger partial charge < -0.3 is 10.6 Å². The molecule has 4 nitrogen and oxygen atoms in total. The summed E-state index contributed by atoms with van der Waals surface area (Å²) < 4.78 is 0. The highest BCUT2D eigenvalue weighted by molar-refractivity contribution is 6.21. The minimum absolute atomic E-state index is 0.101. The molecule has 4 aromatic carbocycles. The average molecular weight is 475 g/mol. The lowest BCUT2D eigenvalue weighted by Crippen LogP contribution is -2.36. The van der Waals surface area contributed by atoms with Crippen molar-refractivity contribution in [1.29, 1.82) is 0 Å². The maximum absolute atomic E-state index is 13.1. The molecule has 0 aliphatic carbocycles. The largest absolute Gasteiger partial charge is 0.352 e. The molecule has 180 valence electrons. The first kappa shape index (κ1) is 24.7. The lowest BCUT2D eigenvalue weighted by molar-refractivity contribution is -0.123. The van der Waals surface area contributed by atoms with E-state index in [1.807, 2.05) is 103 Å². The van der Waals surface area contributed by atoms with Gasteiger partial charge in [-0.1, -0.05) is 115 Å². The monoisotopic (exact) mass is 474 g/mol. The molecule has 0 atom stereocenters. The molecule has 36 heavy (non-hydrogen) atoms. The Kier molecular flexibility index (Phi) is 8.82. The van der Waals surface area contributed by atoms with Crippen molar-refractivity contribution in [3.05, 3.63) is 138 Å². The van der Waals surface area contributed by atoms with Gasteiger partial charge in [-0.15, -0.1) is 0 Å². The third-order valence-corrected chi connectivity index (χ3v) is 5.90. The third kappa shape index (κ3) is 7.28. The van der Waals surface area contributed by atoms with Gasteiger partial charge in [0.05, 0.1) is 0 Å². The predicted molar refractivity (Wildman–Crippen MR) is 146 cm³/mol. The minimum atomic E-state index is -0.379. The van der Waals surface area contributed by atoms with Crippen molar-refractivity contribution >= 4 is 17.9 Å². The second kappa shape index (κ2) is 12.9. The van der Waals surface area contributed by atoms with Crippen LogP contribution >= 0.6 is 0 Å². The van der Waals surface area contributed by atoms with Crippen molar-refractivity contribution in [3.63, 3.8) is 0 Å². The zero-order valence-electron chi connectivity index (χ0n) is 20.2. The summed E-state index contributed by atoms with van der Waals surface area (Å²) in [6, 6.07) is 37.9. The van der Waals surface area contributed by atoms with E-state index in [1.54, 1.807) is 6.08 Å². The molecule has 0 aliphatic rings. The maximum Gasteiger partial charge on any atom is 0.256 e. The van der Waals surface area contributed by atoms with E-state index in [0.29, 0.717) is 25.9 Å². The van der Waals surface area contributed by atoms with Gasteiger partial charge in [-0.2, -0.15) is 0 Å². The third-order valence-electron chi connectivity index (χ3n) is 5.90. The fraction of sp³-hybridized carbons (Fsp3) is 0.125. The van der Waals surface area contributed by atoms with E-state index in [4.69, 9.17) is 0 Å². The molecule has 0 radical (unpaired) electrons. The second-order valence-electron chi connectivity index (χ2n) is 8.53. The number of hydrogen-bond donors (Lipinski definition) is 2. The molecular formula is C32H30N2O2. The Morgan fingerprint density at radius 3 is 1.42 bits per heavy atom. The van der Waals surface area contributed by atoms with Crippen molar-refractivity contribution in [2.75, 3.05) is 13.1 Å². The summed E-state index contributed by atoms with van der Waals surface area (Å²) in [5.41, 5.74) is 5.35. The zero-order chi connectivity index (χ0) is 25.0. The fourth-order valence-corrected chi connectivity index (χ4v) is 3.92. The number of carbonyl (C=O) groups excluding carboxylic acids is 2. The molecule has 0 aromatic heterocycles. The van der Waals surface area contributed by atoms with Gasteiger partial charge >= 0.3 is 0 Å². The molecule has 0 spiro atoms. The molecule has 0 aliphatic heterocycles. The summed E-state index contributed by atoms with van der Waals surface area (Å²) >= 11 is 0. The minimum Gasteiger partial charge on any atom is -0.352 e. The van der Waals surface area contributed by atoms with Crippen molar-refractivity contribution in [3.8, 4) is 11.1 Å². The highest BCUT2D eigenvalue weighted by Gasteiger charge is 2.18. The highest BCUT2D eigenvalue weighted by atomic mass is 16.2. The Morgan fingerprint density at radius 2 is 0.944 bits per heavy atom. The molecule has 0 unspecified atom stereocenters. The summed E-state index contributed by atoms with van der Waals surface area (Å²) in [5.74, 6) is -0.759. The maximum atomic E-state index is 13.1. The number of amides is 2. The number of carbonyl (C=O) groups is 2. The quantitative estimate of drug-likeness (QED) is 0.182. The smallest absolute Gasteiger partial charge is 0.256 e. The highest BCUT2D eigenvalue weighted by Crippen LogP contribution is 2.20. The molecule has 0 saturated heterocycles. The van der Waals surface area contributed by atoms with Gasteiger partial charge in [0.15, 0.2) is 0 Å². The van der Waals surface area contributed by atoms with Gasteiger partial charge in [-0.25, -0.2) is 0 Å². The Morgan fingerprint density at radius 1 is 0.528 bits per heavy atom. The van der Waals surface area contributed by atoms with Crippen molar-refractivity contribution in [2.24, 2.45) is 0 Å². The molecule has 2 N–H and O–H groups in total. The van der Waals surface area contributed by atoms with Gasteiger partial charge in [0.1, 0.15) is 5.57 Å². The zero-order valence-corrected chi connectivity index (χ0v) is 20.2. The van der Waals surface area contributed by atoms with Crippen molar-refractivity contribution in [2.45, 2.75) is 12.8 Å². The molecule has 0 bridgehead atoms. The number of nitrogens with one attached hydrogen (secondary N) is 2. The molecule has 4 aromatic rings. The molecule has 4 heteroatoms. The van der Waals surface area contributed by atoms with Crippen LogP contribution in [-0.4, -0.2) is 24.9 Å². The summed E-state index contributed by atoms with van der Waals surface area (Å²) in [6.07, 6.45) is 3.05.